The summed E-state index contributed by atoms with van der Waals surface area (Å²) in [5.41, 5.74) is 2.65. The zero-order valence-electron chi connectivity index (χ0n) is 25.5. The van der Waals surface area contributed by atoms with Crippen molar-refractivity contribution in [3.63, 3.8) is 0 Å². The minimum Gasteiger partial charge on any atom is -0.507 e. The summed E-state index contributed by atoms with van der Waals surface area (Å²) >= 11 is 1.75. The van der Waals surface area contributed by atoms with Gasteiger partial charge >= 0.3 is 5.97 Å². The van der Waals surface area contributed by atoms with Crippen LogP contribution in [-0.4, -0.2) is 28.7 Å². The molecule has 0 bridgehead atoms. The lowest BCUT2D eigenvalue weighted by Gasteiger charge is -2.28. The number of benzene rings is 1. The Kier molecular flexibility index (Phi) is 16.0. The Morgan fingerprint density at radius 1 is 0.784 bits per heavy atom. The van der Waals surface area contributed by atoms with Gasteiger partial charge in [-0.25, -0.2) is 0 Å². The molecule has 0 aliphatic rings. The maximum atomic E-state index is 13.1. The van der Waals surface area contributed by atoms with Crippen molar-refractivity contribution in [2.75, 3.05) is 12.4 Å². The van der Waals surface area contributed by atoms with Gasteiger partial charge in [-0.2, -0.15) is 0 Å². The smallest absolute Gasteiger partial charge is 0.319 e. The predicted octanol–water partition coefficient (Wildman–Crippen LogP) is 9.90. The van der Waals surface area contributed by atoms with Crippen molar-refractivity contribution < 1.29 is 14.6 Å². The number of hydrogen-bond acceptors (Lipinski definition) is 4. The average Bonchev–Trinajstić information content (AvgIpc) is 2.81. The second-order valence-corrected chi connectivity index (χ2v) is 14.1. The van der Waals surface area contributed by atoms with Crippen LogP contribution in [0, 0.1) is 0 Å². The van der Waals surface area contributed by atoms with Crippen molar-refractivity contribution in [2.24, 2.45) is 0 Å². The molecule has 3 nitrogen and oxygen atoms in total. The van der Waals surface area contributed by atoms with E-state index in [-0.39, 0.29) is 22.0 Å². The number of carbonyl (C=O) groups excluding carboxylic acids is 1. The summed E-state index contributed by atoms with van der Waals surface area (Å²) in [6.07, 6.45) is 15.8. The number of aromatic hydroxyl groups is 1. The van der Waals surface area contributed by atoms with E-state index in [1.807, 2.05) is 0 Å². The molecule has 1 atom stereocenters. The minimum atomic E-state index is -0.208. The molecule has 0 radical (unpaired) electrons. The number of carbonyl (C=O) groups is 1. The predicted molar refractivity (Wildman–Crippen MR) is 163 cm³/mol. The van der Waals surface area contributed by atoms with E-state index in [2.05, 4.69) is 67.5 Å². The van der Waals surface area contributed by atoms with E-state index in [0.717, 1.165) is 41.7 Å². The number of rotatable bonds is 18. The Hall–Kier alpha value is -1.16. The molecular formula is C33H58O3S. The highest BCUT2D eigenvalue weighted by molar-refractivity contribution is 8.00. The van der Waals surface area contributed by atoms with E-state index in [1.54, 1.807) is 11.8 Å². The largest absolute Gasteiger partial charge is 0.507 e. The molecule has 1 unspecified atom stereocenters. The highest BCUT2D eigenvalue weighted by Crippen LogP contribution is 2.40. The normalized spacial score (nSPS) is 13.1. The monoisotopic (exact) mass is 534 g/mol. The Morgan fingerprint density at radius 2 is 1.24 bits per heavy atom. The lowest BCUT2D eigenvalue weighted by molar-refractivity contribution is -0.143. The third-order valence-corrected chi connectivity index (χ3v) is 8.31. The average molecular weight is 535 g/mol. The first-order valence-corrected chi connectivity index (χ1v) is 16.1. The van der Waals surface area contributed by atoms with E-state index in [4.69, 9.17) is 4.74 Å². The lowest BCUT2D eigenvalue weighted by atomic mass is 9.78. The lowest BCUT2D eigenvalue weighted by Crippen LogP contribution is -2.25. The number of unbranched alkanes of at least 4 members (excludes halogenated alkanes) is 10. The molecule has 37 heavy (non-hydrogen) atoms. The molecule has 1 aromatic rings. The maximum Gasteiger partial charge on any atom is 0.319 e. The number of hydrogen-bond donors (Lipinski definition) is 1. The molecule has 1 N–H and O–H groups in total. The summed E-state index contributed by atoms with van der Waals surface area (Å²) in [7, 11) is 0. The summed E-state index contributed by atoms with van der Waals surface area (Å²) < 4.78 is 5.68. The van der Waals surface area contributed by atoms with Crippen LogP contribution in [0.2, 0.25) is 0 Å². The molecule has 0 aliphatic heterocycles. The fraction of sp³-hybridized carbons (Fsp3) is 0.788. The second kappa shape index (κ2) is 17.4. The minimum absolute atomic E-state index is 0.0896. The van der Waals surface area contributed by atoms with Crippen LogP contribution in [0.1, 0.15) is 149 Å². The van der Waals surface area contributed by atoms with Crippen molar-refractivity contribution in [1.29, 1.82) is 0 Å². The summed E-state index contributed by atoms with van der Waals surface area (Å²) in [6, 6.07) is 4.22. The third-order valence-electron chi connectivity index (χ3n) is 7.03. The van der Waals surface area contributed by atoms with Crippen molar-refractivity contribution in [2.45, 2.75) is 155 Å². The highest BCUT2D eigenvalue weighted by Gasteiger charge is 2.28. The van der Waals surface area contributed by atoms with Gasteiger partial charge in [0, 0.05) is 0 Å². The van der Waals surface area contributed by atoms with Crippen LogP contribution in [0.25, 0.3) is 0 Å². The number of ether oxygens (including phenoxy) is 1. The standard InChI is InChI=1S/C33H58O3S/c1-9-11-13-14-15-16-17-18-19-20-22-37-29(31(35)36-21-12-10-2)25-26-23-27(32(3,4)5)30(34)28(24-26)33(6,7)8/h23-24,29,34H,9-22,25H2,1-8H3. The molecule has 0 saturated carbocycles. The quantitative estimate of drug-likeness (QED) is 0.150. The van der Waals surface area contributed by atoms with Gasteiger partial charge in [-0.05, 0) is 52.5 Å². The summed E-state index contributed by atoms with van der Waals surface area (Å²) in [5, 5.41) is 10.9. The zero-order chi connectivity index (χ0) is 27.9. The van der Waals surface area contributed by atoms with Gasteiger partial charge in [-0.15, -0.1) is 11.8 Å². The highest BCUT2D eigenvalue weighted by atomic mass is 32.2. The molecule has 214 valence electrons. The molecule has 0 heterocycles. The molecule has 1 aromatic carbocycles. The van der Waals surface area contributed by atoms with Gasteiger partial charge in [0.1, 0.15) is 11.0 Å². The van der Waals surface area contributed by atoms with Crippen LogP contribution in [0.15, 0.2) is 12.1 Å². The van der Waals surface area contributed by atoms with Crippen molar-refractivity contribution in [3.8, 4) is 5.75 Å². The number of phenolic OH excluding ortho intramolecular Hbond substituents is 1. The molecule has 0 aliphatic carbocycles. The van der Waals surface area contributed by atoms with E-state index >= 15 is 0 Å². The number of esters is 1. The molecule has 0 aromatic heterocycles. The molecule has 0 fully saturated rings. The Labute approximate surface area is 233 Å². The van der Waals surface area contributed by atoms with Gasteiger partial charge in [-0.3, -0.25) is 4.79 Å². The van der Waals surface area contributed by atoms with Crippen LogP contribution in [0.3, 0.4) is 0 Å². The van der Waals surface area contributed by atoms with Crippen molar-refractivity contribution in [1.82, 2.24) is 0 Å². The first-order valence-electron chi connectivity index (χ1n) is 15.1. The number of thioether (sulfide) groups is 1. The molecule has 4 heteroatoms. The van der Waals surface area contributed by atoms with Gasteiger partial charge in [0.2, 0.25) is 0 Å². The first-order chi connectivity index (χ1) is 17.4. The van der Waals surface area contributed by atoms with Crippen LogP contribution >= 0.6 is 11.8 Å². The Bertz CT molecular complexity index is 738. The van der Waals surface area contributed by atoms with Gasteiger partial charge in [0.25, 0.3) is 0 Å². The molecular weight excluding hydrogens is 476 g/mol. The second-order valence-electron chi connectivity index (χ2n) is 12.8. The molecule has 0 spiro atoms. The summed E-state index contributed by atoms with van der Waals surface area (Å²) in [6.45, 7) is 17.7. The fourth-order valence-electron chi connectivity index (χ4n) is 4.61. The maximum absolute atomic E-state index is 13.1. The van der Waals surface area contributed by atoms with Crippen LogP contribution in [0.4, 0.5) is 0 Å². The van der Waals surface area contributed by atoms with E-state index in [0.29, 0.717) is 18.8 Å². The SMILES string of the molecule is CCCCCCCCCCCCSC(Cc1cc(C(C)(C)C)c(O)c(C(C)(C)C)c1)C(=O)OCCCC. The van der Waals surface area contributed by atoms with E-state index < -0.39 is 0 Å². The fourth-order valence-corrected chi connectivity index (χ4v) is 5.77. The third kappa shape index (κ3) is 13.5. The van der Waals surface area contributed by atoms with Crippen molar-refractivity contribution >= 4 is 17.7 Å². The van der Waals surface area contributed by atoms with E-state index in [1.165, 1.54) is 57.8 Å². The molecule has 1 rings (SSSR count). The summed E-state index contributed by atoms with van der Waals surface area (Å²) in [5.74, 6) is 1.29. The number of phenols is 1. The Balaban J connectivity index is 2.81. The Morgan fingerprint density at radius 3 is 1.70 bits per heavy atom. The van der Waals surface area contributed by atoms with Crippen LogP contribution < -0.4 is 0 Å². The topological polar surface area (TPSA) is 46.5 Å². The van der Waals surface area contributed by atoms with Gasteiger partial charge in [0.15, 0.2) is 0 Å². The van der Waals surface area contributed by atoms with Crippen LogP contribution in [-0.2, 0) is 26.8 Å². The summed E-state index contributed by atoms with van der Waals surface area (Å²) in [4.78, 5) is 13.1. The zero-order valence-corrected chi connectivity index (χ0v) is 26.3. The van der Waals surface area contributed by atoms with Gasteiger partial charge in [0.05, 0.1) is 6.61 Å². The first kappa shape index (κ1) is 33.9. The van der Waals surface area contributed by atoms with Gasteiger partial charge < -0.3 is 9.84 Å². The van der Waals surface area contributed by atoms with Gasteiger partial charge in [-0.1, -0.05) is 132 Å². The van der Waals surface area contributed by atoms with E-state index in [9.17, 15) is 9.90 Å². The van der Waals surface area contributed by atoms with Crippen molar-refractivity contribution in [3.05, 3.63) is 28.8 Å². The molecule has 0 saturated heterocycles. The molecule has 0 amide bonds. The van der Waals surface area contributed by atoms with Crippen LogP contribution in [0.5, 0.6) is 5.75 Å².